The molecule has 0 aliphatic carbocycles. The first-order valence-corrected chi connectivity index (χ1v) is 5.84. The van der Waals surface area contributed by atoms with Crippen molar-refractivity contribution in [3.05, 3.63) is 5.89 Å². The summed E-state index contributed by atoms with van der Waals surface area (Å²) < 4.78 is 10.8. The van der Waals surface area contributed by atoms with Crippen molar-refractivity contribution < 1.29 is 9.15 Å². The molecule has 98 valence electrons. The maximum absolute atomic E-state index is 5.49. The first-order chi connectivity index (χ1) is 7.98. The van der Waals surface area contributed by atoms with E-state index in [1.165, 1.54) is 0 Å². The molecule has 1 aromatic rings. The fourth-order valence-electron chi connectivity index (χ4n) is 1.24. The lowest BCUT2D eigenvalue weighted by Crippen LogP contribution is -2.32. The average Bonchev–Trinajstić information content (AvgIpc) is 2.76. The van der Waals surface area contributed by atoms with Gasteiger partial charge in [-0.3, -0.25) is 0 Å². The Morgan fingerprint density at radius 3 is 2.71 bits per heavy atom. The van der Waals surface area contributed by atoms with Crippen LogP contribution in [0.3, 0.4) is 0 Å². The van der Waals surface area contributed by atoms with E-state index in [2.05, 4.69) is 20.8 Å². The molecule has 0 fully saturated rings. The lowest BCUT2D eigenvalue weighted by atomic mass is 10.1. The molecule has 0 spiro atoms. The highest BCUT2D eigenvalue weighted by Crippen LogP contribution is 2.15. The third-order valence-electron chi connectivity index (χ3n) is 2.54. The number of aromatic nitrogens is 2. The molecule has 0 bridgehead atoms. The van der Waals surface area contributed by atoms with Crippen LogP contribution in [0.5, 0.6) is 0 Å². The second kappa shape index (κ2) is 5.97. The zero-order valence-corrected chi connectivity index (χ0v) is 11.2. The number of anilines is 1. The maximum atomic E-state index is 5.49. The summed E-state index contributed by atoms with van der Waals surface area (Å²) in [5, 5.41) is 14.2. The van der Waals surface area contributed by atoms with Crippen LogP contribution in [0.15, 0.2) is 4.42 Å². The van der Waals surface area contributed by atoms with E-state index in [4.69, 9.17) is 9.15 Å². The van der Waals surface area contributed by atoms with Crippen LogP contribution in [0, 0.1) is 0 Å². The lowest BCUT2D eigenvalue weighted by molar-refractivity contribution is 0.0339. The Morgan fingerprint density at radius 1 is 1.41 bits per heavy atom. The van der Waals surface area contributed by atoms with Crippen LogP contribution in [0.2, 0.25) is 0 Å². The number of methoxy groups -OCH3 is 1. The fraction of sp³-hybridized carbons (Fsp3) is 0.818. The molecular weight excluding hydrogens is 220 g/mol. The van der Waals surface area contributed by atoms with Crippen LogP contribution in [0.4, 0.5) is 6.01 Å². The largest absolute Gasteiger partial charge is 0.406 e. The molecule has 0 aromatic carbocycles. The summed E-state index contributed by atoms with van der Waals surface area (Å²) in [5.74, 6) is 0.588. The number of ether oxygens (including phenoxy) is 1. The van der Waals surface area contributed by atoms with Gasteiger partial charge in [-0.05, 0) is 27.3 Å². The SMILES string of the molecule is CCNC(C)c1nnc(NCC(C)(C)OC)o1. The highest BCUT2D eigenvalue weighted by Gasteiger charge is 2.18. The summed E-state index contributed by atoms with van der Waals surface area (Å²) in [6, 6.07) is 0.494. The van der Waals surface area contributed by atoms with Gasteiger partial charge in [0.25, 0.3) is 0 Å². The Labute approximate surface area is 102 Å². The number of hydrogen-bond acceptors (Lipinski definition) is 6. The van der Waals surface area contributed by atoms with Gasteiger partial charge in [0.15, 0.2) is 0 Å². The van der Waals surface area contributed by atoms with E-state index in [-0.39, 0.29) is 11.6 Å². The predicted molar refractivity (Wildman–Crippen MR) is 66.0 cm³/mol. The van der Waals surface area contributed by atoms with Crippen LogP contribution >= 0.6 is 0 Å². The Hall–Kier alpha value is -1.14. The second-order valence-corrected chi connectivity index (χ2v) is 4.54. The van der Waals surface area contributed by atoms with Gasteiger partial charge in [-0.15, -0.1) is 5.10 Å². The predicted octanol–water partition coefficient (Wildman–Crippen LogP) is 1.58. The first-order valence-electron chi connectivity index (χ1n) is 5.84. The van der Waals surface area contributed by atoms with E-state index >= 15 is 0 Å². The molecule has 0 saturated carbocycles. The molecule has 1 atom stereocenters. The molecule has 1 heterocycles. The van der Waals surface area contributed by atoms with Gasteiger partial charge in [-0.25, -0.2) is 0 Å². The molecule has 6 heteroatoms. The normalized spacial score (nSPS) is 13.7. The van der Waals surface area contributed by atoms with Crippen LogP contribution in [-0.4, -0.2) is 36.0 Å². The minimum atomic E-state index is -0.262. The summed E-state index contributed by atoms with van der Waals surface area (Å²) in [7, 11) is 1.67. The Bertz CT molecular complexity index is 338. The van der Waals surface area contributed by atoms with Gasteiger partial charge in [0.1, 0.15) is 0 Å². The third-order valence-corrected chi connectivity index (χ3v) is 2.54. The number of rotatable bonds is 7. The summed E-state index contributed by atoms with van der Waals surface area (Å²) >= 11 is 0. The van der Waals surface area contributed by atoms with Crippen molar-refractivity contribution in [2.45, 2.75) is 39.3 Å². The summed E-state index contributed by atoms with van der Waals surface area (Å²) in [5.41, 5.74) is -0.262. The highest BCUT2D eigenvalue weighted by atomic mass is 16.5. The highest BCUT2D eigenvalue weighted by molar-refractivity contribution is 5.18. The van der Waals surface area contributed by atoms with Crippen molar-refractivity contribution in [3.63, 3.8) is 0 Å². The third kappa shape index (κ3) is 4.32. The van der Waals surface area contributed by atoms with Gasteiger partial charge in [0.05, 0.1) is 11.6 Å². The maximum Gasteiger partial charge on any atom is 0.315 e. The van der Waals surface area contributed by atoms with Crippen LogP contribution in [0.25, 0.3) is 0 Å². The molecule has 1 unspecified atom stereocenters. The summed E-state index contributed by atoms with van der Waals surface area (Å²) in [4.78, 5) is 0. The van der Waals surface area contributed by atoms with E-state index in [9.17, 15) is 0 Å². The molecule has 0 radical (unpaired) electrons. The lowest BCUT2D eigenvalue weighted by Gasteiger charge is -2.22. The van der Waals surface area contributed by atoms with E-state index in [0.717, 1.165) is 6.54 Å². The summed E-state index contributed by atoms with van der Waals surface area (Å²) in [6.45, 7) is 9.47. The molecule has 1 aromatic heterocycles. The smallest absolute Gasteiger partial charge is 0.315 e. The fourth-order valence-corrected chi connectivity index (χ4v) is 1.24. The Balaban J connectivity index is 2.51. The minimum absolute atomic E-state index is 0.0680. The Kier molecular flexibility index (Phi) is 4.89. The second-order valence-electron chi connectivity index (χ2n) is 4.54. The molecule has 6 nitrogen and oxygen atoms in total. The van der Waals surface area contributed by atoms with Crippen molar-refractivity contribution in [2.75, 3.05) is 25.5 Å². The van der Waals surface area contributed by atoms with Gasteiger partial charge in [-0.1, -0.05) is 12.0 Å². The van der Waals surface area contributed by atoms with Crippen molar-refractivity contribution in [3.8, 4) is 0 Å². The molecule has 0 aliphatic heterocycles. The van der Waals surface area contributed by atoms with Gasteiger partial charge in [0.2, 0.25) is 5.89 Å². The molecular formula is C11H22N4O2. The molecule has 17 heavy (non-hydrogen) atoms. The van der Waals surface area contributed by atoms with Gasteiger partial charge in [0, 0.05) is 13.7 Å². The zero-order chi connectivity index (χ0) is 12.9. The van der Waals surface area contributed by atoms with Crippen molar-refractivity contribution in [2.24, 2.45) is 0 Å². The van der Waals surface area contributed by atoms with Gasteiger partial charge in [-0.2, -0.15) is 0 Å². The van der Waals surface area contributed by atoms with Crippen molar-refractivity contribution >= 4 is 6.01 Å². The van der Waals surface area contributed by atoms with E-state index in [1.807, 2.05) is 27.7 Å². The van der Waals surface area contributed by atoms with E-state index in [1.54, 1.807) is 7.11 Å². The van der Waals surface area contributed by atoms with Gasteiger partial charge < -0.3 is 19.8 Å². The van der Waals surface area contributed by atoms with Crippen molar-refractivity contribution in [1.82, 2.24) is 15.5 Å². The number of hydrogen-bond donors (Lipinski definition) is 2. The van der Waals surface area contributed by atoms with Crippen LogP contribution < -0.4 is 10.6 Å². The van der Waals surface area contributed by atoms with Crippen molar-refractivity contribution in [1.29, 1.82) is 0 Å². The van der Waals surface area contributed by atoms with E-state index in [0.29, 0.717) is 18.5 Å². The minimum Gasteiger partial charge on any atom is -0.406 e. The zero-order valence-electron chi connectivity index (χ0n) is 11.2. The van der Waals surface area contributed by atoms with Crippen LogP contribution in [-0.2, 0) is 4.74 Å². The summed E-state index contributed by atoms with van der Waals surface area (Å²) in [6.07, 6.45) is 0. The quantitative estimate of drug-likeness (QED) is 0.756. The molecule has 0 aliphatic rings. The van der Waals surface area contributed by atoms with E-state index < -0.39 is 0 Å². The molecule has 1 rings (SSSR count). The molecule has 0 saturated heterocycles. The molecule has 0 amide bonds. The Morgan fingerprint density at radius 2 is 2.12 bits per heavy atom. The monoisotopic (exact) mass is 242 g/mol. The van der Waals surface area contributed by atoms with Gasteiger partial charge >= 0.3 is 6.01 Å². The number of nitrogens with one attached hydrogen (secondary N) is 2. The standard InChI is InChI=1S/C11H22N4O2/c1-6-12-8(2)9-14-15-10(17-9)13-7-11(3,4)16-5/h8,12H,6-7H2,1-5H3,(H,13,15). The van der Waals surface area contributed by atoms with Crippen LogP contribution in [0.1, 0.15) is 39.6 Å². The molecule has 2 N–H and O–H groups in total. The average molecular weight is 242 g/mol. The first kappa shape index (κ1) is 13.9. The topological polar surface area (TPSA) is 72.2 Å². The number of nitrogens with zero attached hydrogens (tertiary/aromatic N) is 2.